The Labute approximate surface area is 124 Å². The summed E-state index contributed by atoms with van der Waals surface area (Å²) in [5.41, 5.74) is -0.385. The molecule has 1 N–H and O–H groups in total. The van der Waals surface area contributed by atoms with Crippen LogP contribution in [-0.4, -0.2) is 55.4 Å². The quantitative estimate of drug-likeness (QED) is 0.794. The Hall–Kier alpha value is -1.18. The number of thiazole rings is 1. The number of amides is 2. The van der Waals surface area contributed by atoms with Crippen LogP contribution in [-0.2, 0) is 16.0 Å². The van der Waals surface area contributed by atoms with Crippen LogP contribution in [0.15, 0.2) is 11.6 Å². The zero-order valence-corrected chi connectivity index (χ0v) is 13.3. The molecule has 0 fully saturated rings. The average molecular weight is 301 g/mol. The molecule has 6 nitrogen and oxygen atoms in total. The largest absolute Gasteiger partial charge is 0.383 e. The van der Waals surface area contributed by atoms with Crippen molar-refractivity contribution in [1.29, 1.82) is 0 Å². The van der Waals surface area contributed by atoms with E-state index in [2.05, 4.69) is 10.3 Å². The lowest BCUT2D eigenvalue weighted by Crippen LogP contribution is -2.46. The minimum Gasteiger partial charge on any atom is -0.383 e. The minimum atomic E-state index is -0.385. The van der Waals surface area contributed by atoms with E-state index in [9.17, 15) is 4.79 Å². The topological polar surface area (TPSA) is 63.7 Å². The summed E-state index contributed by atoms with van der Waals surface area (Å²) in [5.74, 6) is 0. The third-order valence-electron chi connectivity index (χ3n) is 2.88. The van der Waals surface area contributed by atoms with Crippen LogP contribution in [0.2, 0.25) is 0 Å². The number of carbonyl (C=O) groups is 1. The van der Waals surface area contributed by atoms with E-state index in [1.165, 1.54) is 11.3 Å². The van der Waals surface area contributed by atoms with Gasteiger partial charge in [0.2, 0.25) is 0 Å². The molecule has 1 rings (SSSR count). The summed E-state index contributed by atoms with van der Waals surface area (Å²) in [4.78, 5) is 18.1. The maximum atomic E-state index is 12.2. The molecular weight excluding hydrogens is 278 g/mol. The fourth-order valence-electron chi connectivity index (χ4n) is 1.42. The molecule has 0 saturated carbocycles. The van der Waals surface area contributed by atoms with Gasteiger partial charge in [-0.1, -0.05) is 0 Å². The van der Waals surface area contributed by atoms with Gasteiger partial charge in [-0.3, -0.25) is 0 Å². The monoisotopic (exact) mass is 301 g/mol. The van der Waals surface area contributed by atoms with Crippen molar-refractivity contribution in [2.24, 2.45) is 0 Å². The number of urea groups is 1. The number of aromatic nitrogens is 1. The lowest BCUT2D eigenvalue weighted by Gasteiger charge is -2.27. The third kappa shape index (κ3) is 5.85. The van der Waals surface area contributed by atoms with E-state index in [0.29, 0.717) is 26.2 Å². The number of hydrogen-bond donors (Lipinski definition) is 1. The van der Waals surface area contributed by atoms with E-state index >= 15 is 0 Å². The van der Waals surface area contributed by atoms with Gasteiger partial charge in [0.15, 0.2) is 0 Å². The molecule has 7 heteroatoms. The molecule has 2 amide bonds. The van der Waals surface area contributed by atoms with Crippen molar-refractivity contribution in [2.75, 3.05) is 33.9 Å². The van der Waals surface area contributed by atoms with Gasteiger partial charge in [-0.25, -0.2) is 9.78 Å². The smallest absolute Gasteiger partial charge is 0.317 e. The first kappa shape index (κ1) is 16.9. The molecule has 1 aromatic heterocycles. The summed E-state index contributed by atoms with van der Waals surface area (Å²) >= 11 is 1.53. The van der Waals surface area contributed by atoms with Gasteiger partial charge in [0, 0.05) is 38.9 Å². The van der Waals surface area contributed by atoms with E-state index in [-0.39, 0.29) is 11.6 Å². The highest BCUT2D eigenvalue weighted by atomic mass is 32.1. The Kier molecular flexibility index (Phi) is 6.90. The van der Waals surface area contributed by atoms with E-state index in [1.807, 2.05) is 19.2 Å². The summed E-state index contributed by atoms with van der Waals surface area (Å²) in [6.45, 7) is 5.80. The molecule has 0 saturated heterocycles. The summed E-state index contributed by atoms with van der Waals surface area (Å²) in [6.07, 6.45) is 1.74. The van der Waals surface area contributed by atoms with Crippen molar-refractivity contribution in [1.82, 2.24) is 15.2 Å². The van der Waals surface area contributed by atoms with Crippen LogP contribution >= 0.6 is 11.3 Å². The van der Waals surface area contributed by atoms with E-state index in [1.54, 1.807) is 25.3 Å². The predicted octanol–water partition coefficient (Wildman–Crippen LogP) is 1.73. The maximum Gasteiger partial charge on any atom is 0.317 e. The SMILES string of the molecule is COCCN(Cc1nccs1)C(=O)NCC(C)(C)OC. The van der Waals surface area contributed by atoms with Crippen molar-refractivity contribution >= 4 is 17.4 Å². The zero-order valence-electron chi connectivity index (χ0n) is 12.5. The Morgan fingerprint density at radius 1 is 1.50 bits per heavy atom. The number of nitrogens with zero attached hydrogens (tertiary/aromatic N) is 2. The number of ether oxygens (including phenoxy) is 2. The molecule has 0 aliphatic carbocycles. The molecule has 0 aliphatic heterocycles. The molecular formula is C13H23N3O3S. The second-order valence-electron chi connectivity index (χ2n) is 4.96. The van der Waals surface area contributed by atoms with Crippen molar-refractivity contribution < 1.29 is 14.3 Å². The second-order valence-corrected chi connectivity index (χ2v) is 5.94. The van der Waals surface area contributed by atoms with E-state index in [0.717, 1.165) is 5.01 Å². The van der Waals surface area contributed by atoms with Gasteiger partial charge < -0.3 is 19.7 Å². The summed E-state index contributed by atoms with van der Waals surface area (Å²) in [6, 6.07) is -0.137. The van der Waals surface area contributed by atoms with Crippen molar-refractivity contribution in [3.05, 3.63) is 16.6 Å². The van der Waals surface area contributed by atoms with Crippen LogP contribution in [0.5, 0.6) is 0 Å². The van der Waals surface area contributed by atoms with Crippen LogP contribution < -0.4 is 5.32 Å². The van der Waals surface area contributed by atoms with Crippen LogP contribution in [0.1, 0.15) is 18.9 Å². The van der Waals surface area contributed by atoms with Gasteiger partial charge in [0.1, 0.15) is 5.01 Å². The van der Waals surface area contributed by atoms with Crippen molar-refractivity contribution in [2.45, 2.75) is 26.0 Å². The molecule has 0 aliphatic rings. The number of hydrogen-bond acceptors (Lipinski definition) is 5. The standard InChI is InChI=1S/C13H23N3O3S/c1-13(2,19-4)10-15-12(17)16(6-7-18-3)9-11-14-5-8-20-11/h5,8H,6-7,9-10H2,1-4H3,(H,15,17). The predicted molar refractivity (Wildman–Crippen MR) is 78.9 cm³/mol. The van der Waals surface area contributed by atoms with Crippen molar-refractivity contribution in [3.8, 4) is 0 Å². The molecule has 0 aromatic carbocycles. The number of carbonyl (C=O) groups excluding carboxylic acids is 1. The molecule has 20 heavy (non-hydrogen) atoms. The highest BCUT2D eigenvalue weighted by Gasteiger charge is 2.20. The highest BCUT2D eigenvalue weighted by Crippen LogP contribution is 2.09. The fraction of sp³-hybridized carbons (Fsp3) is 0.692. The Morgan fingerprint density at radius 2 is 2.25 bits per heavy atom. The minimum absolute atomic E-state index is 0.137. The Morgan fingerprint density at radius 3 is 2.80 bits per heavy atom. The molecule has 0 atom stereocenters. The number of nitrogens with one attached hydrogen (secondary N) is 1. The first-order valence-corrected chi connectivity index (χ1v) is 7.31. The molecule has 0 spiro atoms. The van der Waals surface area contributed by atoms with Gasteiger partial charge in [-0.05, 0) is 13.8 Å². The van der Waals surface area contributed by atoms with Gasteiger partial charge >= 0.3 is 6.03 Å². The maximum absolute atomic E-state index is 12.2. The first-order valence-electron chi connectivity index (χ1n) is 6.44. The van der Waals surface area contributed by atoms with E-state index < -0.39 is 0 Å². The van der Waals surface area contributed by atoms with Gasteiger partial charge in [-0.2, -0.15) is 0 Å². The normalized spacial score (nSPS) is 11.4. The Balaban J connectivity index is 2.55. The van der Waals surface area contributed by atoms with Crippen LogP contribution in [0.25, 0.3) is 0 Å². The first-order chi connectivity index (χ1) is 9.48. The summed E-state index contributed by atoms with van der Waals surface area (Å²) < 4.78 is 10.3. The third-order valence-corrected chi connectivity index (χ3v) is 3.64. The van der Waals surface area contributed by atoms with Crippen LogP contribution in [0.4, 0.5) is 4.79 Å². The lowest BCUT2D eigenvalue weighted by atomic mass is 10.1. The summed E-state index contributed by atoms with van der Waals surface area (Å²) in [5, 5.41) is 5.68. The highest BCUT2D eigenvalue weighted by molar-refractivity contribution is 7.09. The molecule has 0 bridgehead atoms. The van der Waals surface area contributed by atoms with Gasteiger partial charge in [-0.15, -0.1) is 11.3 Å². The zero-order chi connectivity index (χ0) is 15.0. The number of rotatable bonds is 8. The van der Waals surface area contributed by atoms with Gasteiger partial charge in [0.05, 0.1) is 18.8 Å². The van der Waals surface area contributed by atoms with Crippen LogP contribution in [0, 0.1) is 0 Å². The summed E-state index contributed by atoms with van der Waals surface area (Å²) in [7, 11) is 3.25. The number of methoxy groups -OCH3 is 2. The van der Waals surface area contributed by atoms with Gasteiger partial charge in [0.25, 0.3) is 0 Å². The van der Waals surface area contributed by atoms with Crippen LogP contribution in [0.3, 0.4) is 0 Å². The average Bonchev–Trinajstić information content (AvgIpc) is 2.94. The molecule has 0 radical (unpaired) electrons. The van der Waals surface area contributed by atoms with Crippen molar-refractivity contribution in [3.63, 3.8) is 0 Å². The Bertz CT molecular complexity index is 396. The molecule has 1 heterocycles. The molecule has 1 aromatic rings. The second kappa shape index (κ2) is 8.18. The fourth-order valence-corrected chi connectivity index (χ4v) is 2.05. The van der Waals surface area contributed by atoms with E-state index in [4.69, 9.17) is 9.47 Å². The lowest BCUT2D eigenvalue weighted by molar-refractivity contribution is 0.0240. The molecule has 114 valence electrons. The molecule has 0 unspecified atom stereocenters.